The van der Waals surface area contributed by atoms with Crippen molar-refractivity contribution in [2.75, 3.05) is 13.2 Å². The molecule has 1 fully saturated rings. The molecule has 0 aliphatic carbocycles. The lowest BCUT2D eigenvalue weighted by molar-refractivity contribution is 0.0857. The van der Waals surface area contributed by atoms with Gasteiger partial charge in [0.15, 0.2) is 0 Å². The van der Waals surface area contributed by atoms with Gasteiger partial charge in [0.05, 0.1) is 18.3 Å². The Morgan fingerprint density at radius 2 is 1.88 bits per heavy atom. The van der Waals surface area contributed by atoms with E-state index >= 15 is 0 Å². The monoisotopic (exact) mass is 339 g/mol. The number of benzene rings is 1. The van der Waals surface area contributed by atoms with Crippen LogP contribution in [0.2, 0.25) is 0 Å². The maximum atomic E-state index is 12.3. The number of pyridine rings is 1. The van der Waals surface area contributed by atoms with Crippen molar-refractivity contribution in [3.05, 3.63) is 65.5 Å². The molecule has 1 aromatic carbocycles. The number of hydrogen-bond acceptors (Lipinski definition) is 4. The molecule has 1 aliphatic rings. The Balaban J connectivity index is 1.56. The van der Waals surface area contributed by atoms with E-state index < -0.39 is 0 Å². The Morgan fingerprint density at radius 1 is 1.08 bits per heavy atom. The Morgan fingerprint density at radius 3 is 2.56 bits per heavy atom. The number of rotatable bonds is 6. The molecule has 3 rings (SSSR count). The largest absolute Gasteiger partial charge is 0.376 e. The van der Waals surface area contributed by atoms with E-state index in [2.05, 4.69) is 15.6 Å². The van der Waals surface area contributed by atoms with Crippen LogP contribution in [0, 0.1) is 0 Å². The minimum atomic E-state index is -0.237. The minimum absolute atomic E-state index is 0.0915. The van der Waals surface area contributed by atoms with E-state index in [9.17, 15) is 9.59 Å². The molecule has 0 saturated carbocycles. The number of ether oxygens (including phenoxy) is 1. The molecular weight excluding hydrogens is 318 g/mol. The molecule has 0 radical (unpaired) electrons. The van der Waals surface area contributed by atoms with Crippen LogP contribution < -0.4 is 10.6 Å². The Bertz CT molecular complexity index is 728. The lowest BCUT2D eigenvalue weighted by Gasteiger charge is -2.11. The summed E-state index contributed by atoms with van der Waals surface area (Å²) < 4.78 is 5.49. The predicted octanol–water partition coefficient (Wildman–Crippen LogP) is 1.92. The van der Waals surface area contributed by atoms with Gasteiger partial charge in [-0.05, 0) is 43.2 Å². The van der Waals surface area contributed by atoms with Gasteiger partial charge in [0.2, 0.25) is 0 Å². The second-order valence-corrected chi connectivity index (χ2v) is 5.93. The molecule has 130 valence electrons. The van der Waals surface area contributed by atoms with Gasteiger partial charge in [-0.25, -0.2) is 0 Å². The lowest BCUT2D eigenvalue weighted by Crippen LogP contribution is -2.32. The zero-order valence-corrected chi connectivity index (χ0v) is 13.9. The second-order valence-electron chi connectivity index (χ2n) is 5.93. The summed E-state index contributed by atoms with van der Waals surface area (Å²) in [7, 11) is 0. The highest BCUT2D eigenvalue weighted by molar-refractivity contribution is 5.99. The van der Waals surface area contributed by atoms with Crippen molar-refractivity contribution >= 4 is 11.8 Å². The van der Waals surface area contributed by atoms with E-state index in [1.54, 1.807) is 30.5 Å². The SMILES string of the molecule is O=C(NCc1ccccn1)c1cccc(C(=O)NCC2CCCO2)c1. The molecule has 0 bridgehead atoms. The van der Waals surface area contributed by atoms with Crippen LogP contribution in [0.3, 0.4) is 0 Å². The van der Waals surface area contributed by atoms with Crippen molar-refractivity contribution in [1.82, 2.24) is 15.6 Å². The standard InChI is InChI=1S/C19H21N3O3/c23-18(21-12-16-7-1-2-9-20-16)14-5-3-6-15(11-14)19(24)22-13-17-8-4-10-25-17/h1-3,5-7,9,11,17H,4,8,10,12-13H2,(H,21,23)(H,22,24). The first-order valence-corrected chi connectivity index (χ1v) is 8.40. The predicted molar refractivity (Wildman–Crippen MR) is 93.2 cm³/mol. The van der Waals surface area contributed by atoms with Crippen LogP contribution in [-0.2, 0) is 11.3 Å². The second kappa shape index (κ2) is 8.39. The number of nitrogens with zero attached hydrogens (tertiary/aromatic N) is 1. The third kappa shape index (κ3) is 4.87. The summed E-state index contributed by atoms with van der Waals surface area (Å²) in [5.41, 5.74) is 1.69. The van der Waals surface area contributed by atoms with E-state index in [1.807, 2.05) is 18.2 Å². The zero-order chi connectivity index (χ0) is 17.5. The molecule has 0 spiro atoms. The first-order valence-electron chi connectivity index (χ1n) is 8.40. The molecule has 2 heterocycles. The molecule has 6 heteroatoms. The van der Waals surface area contributed by atoms with Gasteiger partial charge in [-0.1, -0.05) is 12.1 Å². The number of aromatic nitrogens is 1. The van der Waals surface area contributed by atoms with Crippen LogP contribution in [0.5, 0.6) is 0 Å². The zero-order valence-electron chi connectivity index (χ0n) is 13.9. The van der Waals surface area contributed by atoms with Gasteiger partial charge in [0.1, 0.15) is 0 Å². The normalized spacial score (nSPS) is 16.4. The summed E-state index contributed by atoms with van der Waals surface area (Å²) in [5, 5.41) is 5.66. The summed E-state index contributed by atoms with van der Waals surface area (Å²) >= 11 is 0. The summed E-state index contributed by atoms with van der Waals surface area (Å²) in [6.07, 6.45) is 3.78. The van der Waals surface area contributed by atoms with Gasteiger partial charge in [-0.2, -0.15) is 0 Å². The fourth-order valence-electron chi connectivity index (χ4n) is 2.69. The number of hydrogen-bond donors (Lipinski definition) is 2. The Hall–Kier alpha value is -2.73. The van der Waals surface area contributed by atoms with Gasteiger partial charge in [-0.3, -0.25) is 14.6 Å². The first kappa shape index (κ1) is 17.1. The van der Waals surface area contributed by atoms with Crippen molar-refractivity contribution in [2.24, 2.45) is 0 Å². The van der Waals surface area contributed by atoms with Gasteiger partial charge in [0, 0.05) is 30.5 Å². The van der Waals surface area contributed by atoms with Crippen molar-refractivity contribution < 1.29 is 14.3 Å². The van der Waals surface area contributed by atoms with Gasteiger partial charge in [-0.15, -0.1) is 0 Å². The van der Waals surface area contributed by atoms with E-state index in [4.69, 9.17) is 4.74 Å². The molecule has 1 aromatic heterocycles. The molecule has 2 N–H and O–H groups in total. The van der Waals surface area contributed by atoms with Crippen LogP contribution in [-0.4, -0.2) is 36.1 Å². The highest BCUT2D eigenvalue weighted by Crippen LogP contribution is 2.11. The van der Waals surface area contributed by atoms with E-state index in [0.29, 0.717) is 24.2 Å². The smallest absolute Gasteiger partial charge is 0.251 e. The maximum absolute atomic E-state index is 12.3. The van der Waals surface area contributed by atoms with E-state index in [0.717, 1.165) is 25.1 Å². The summed E-state index contributed by atoms with van der Waals surface area (Å²) in [5.74, 6) is -0.436. The van der Waals surface area contributed by atoms with Crippen LogP contribution in [0.15, 0.2) is 48.7 Å². The molecule has 1 unspecified atom stereocenters. The molecule has 2 amide bonds. The third-order valence-corrected chi connectivity index (χ3v) is 4.06. The molecule has 25 heavy (non-hydrogen) atoms. The molecule has 1 atom stereocenters. The lowest BCUT2D eigenvalue weighted by atomic mass is 10.1. The quantitative estimate of drug-likeness (QED) is 0.843. The summed E-state index contributed by atoms with van der Waals surface area (Å²) in [6, 6.07) is 12.2. The number of carbonyl (C=O) groups excluding carboxylic acids is 2. The van der Waals surface area contributed by atoms with Crippen molar-refractivity contribution in [3.8, 4) is 0 Å². The summed E-state index contributed by atoms with van der Waals surface area (Å²) in [4.78, 5) is 28.7. The molecule has 6 nitrogen and oxygen atoms in total. The topological polar surface area (TPSA) is 80.3 Å². The number of amides is 2. The Labute approximate surface area is 146 Å². The van der Waals surface area contributed by atoms with E-state index in [-0.39, 0.29) is 17.9 Å². The van der Waals surface area contributed by atoms with E-state index in [1.165, 1.54) is 0 Å². The maximum Gasteiger partial charge on any atom is 0.251 e. The Kier molecular flexibility index (Phi) is 5.74. The molecule has 2 aromatic rings. The van der Waals surface area contributed by atoms with Crippen LogP contribution in [0.1, 0.15) is 39.3 Å². The van der Waals surface area contributed by atoms with Gasteiger partial charge >= 0.3 is 0 Å². The van der Waals surface area contributed by atoms with Crippen LogP contribution in [0.4, 0.5) is 0 Å². The van der Waals surface area contributed by atoms with Crippen molar-refractivity contribution in [1.29, 1.82) is 0 Å². The fourth-order valence-corrected chi connectivity index (χ4v) is 2.69. The van der Waals surface area contributed by atoms with Crippen molar-refractivity contribution in [3.63, 3.8) is 0 Å². The van der Waals surface area contributed by atoms with Crippen LogP contribution >= 0.6 is 0 Å². The molecular formula is C19H21N3O3. The fraction of sp³-hybridized carbons (Fsp3) is 0.316. The summed E-state index contributed by atoms with van der Waals surface area (Å²) in [6.45, 7) is 1.59. The van der Waals surface area contributed by atoms with Gasteiger partial charge in [0.25, 0.3) is 11.8 Å². The highest BCUT2D eigenvalue weighted by Gasteiger charge is 2.17. The highest BCUT2D eigenvalue weighted by atomic mass is 16.5. The molecule has 1 saturated heterocycles. The average Bonchev–Trinajstić information content (AvgIpc) is 3.18. The number of nitrogens with one attached hydrogen (secondary N) is 2. The molecule has 1 aliphatic heterocycles. The first-order chi connectivity index (χ1) is 12.2. The third-order valence-electron chi connectivity index (χ3n) is 4.06. The minimum Gasteiger partial charge on any atom is -0.376 e. The van der Waals surface area contributed by atoms with Crippen LogP contribution in [0.25, 0.3) is 0 Å². The average molecular weight is 339 g/mol. The van der Waals surface area contributed by atoms with Crippen molar-refractivity contribution in [2.45, 2.75) is 25.5 Å². The van der Waals surface area contributed by atoms with Gasteiger partial charge < -0.3 is 15.4 Å². The number of carbonyl (C=O) groups is 2.